The molecule has 2 saturated heterocycles. The van der Waals surface area contributed by atoms with E-state index in [4.69, 9.17) is 0 Å². The summed E-state index contributed by atoms with van der Waals surface area (Å²) in [6.07, 6.45) is 12.9. The van der Waals surface area contributed by atoms with Gasteiger partial charge in [0, 0.05) is 52.4 Å². The highest BCUT2D eigenvalue weighted by atomic mass is 79.9. The molecule has 44 heavy (non-hydrogen) atoms. The van der Waals surface area contributed by atoms with Gasteiger partial charge in [-0.25, -0.2) is 0 Å². The zero-order valence-corrected chi connectivity index (χ0v) is 32.0. The smallest absolute Gasteiger partial charge is 0.226 e. The van der Waals surface area contributed by atoms with Gasteiger partial charge in [0.05, 0.1) is 18.0 Å². The first-order valence-corrected chi connectivity index (χ1v) is 17.6. The monoisotopic (exact) mass is 742 g/mol. The van der Waals surface area contributed by atoms with E-state index in [9.17, 15) is 9.59 Å². The van der Waals surface area contributed by atoms with E-state index in [1.165, 1.54) is 11.1 Å². The molecule has 0 N–H and O–H groups in total. The number of nitrogens with zero attached hydrogens (tertiary/aromatic N) is 4. The van der Waals surface area contributed by atoms with Crippen LogP contribution in [-0.2, 0) is 9.59 Å². The van der Waals surface area contributed by atoms with Gasteiger partial charge in [-0.05, 0) is 63.9 Å². The van der Waals surface area contributed by atoms with Crippen LogP contribution in [0.3, 0.4) is 0 Å². The fraction of sp³-hybridized carbons (Fsp3) is 0.778. The molecule has 0 spiro atoms. The van der Waals surface area contributed by atoms with Crippen LogP contribution in [0.15, 0.2) is 24.3 Å². The standard InChI is InChI=1S/C36H62N4O2.2BrH/c1-6-10-22-37(23-11-7-2)35(41)32-16-14-26-39(28-32)34(31-20-18-30(5)19-21-31)40-27-15-17-33(29-40)36(42)38(24-12-8-3)25-13-9-4;;/h18-21,32-34H,6-17,22-29H2,1-5H3;2*1H. The van der Waals surface area contributed by atoms with Gasteiger partial charge in [-0.1, -0.05) is 83.2 Å². The summed E-state index contributed by atoms with van der Waals surface area (Å²) in [4.78, 5) is 37.2. The molecule has 2 heterocycles. The number of benzene rings is 1. The van der Waals surface area contributed by atoms with E-state index in [0.717, 1.165) is 129 Å². The fourth-order valence-electron chi connectivity index (χ4n) is 6.83. The van der Waals surface area contributed by atoms with Gasteiger partial charge in [0.1, 0.15) is 0 Å². The molecule has 0 saturated carbocycles. The number of carbonyl (C=O) groups excluding carboxylic acids is 2. The minimum Gasteiger partial charge on any atom is -0.342 e. The number of aryl methyl sites for hydroxylation is 1. The van der Waals surface area contributed by atoms with E-state index in [1.54, 1.807) is 0 Å². The summed E-state index contributed by atoms with van der Waals surface area (Å²) >= 11 is 0. The van der Waals surface area contributed by atoms with Crippen molar-refractivity contribution in [3.8, 4) is 0 Å². The predicted octanol–water partition coefficient (Wildman–Crippen LogP) is 8.43. The third-order valence-electron chi connectivity index (χ3n) is 9.42. The van der Waals surface area contributed by atoms with Crippen molar-refractivity contribution in [1.82, 2.24) is 19.6 Å². The number of piperidine rings is 2. The number of amides is 2. The lowest BCUT2D eigenvalue weighted by Crippen LogP contribution is -2.53. The zero-order chi connectivity index (χ0) is 30.3. The van der Waals surface area contributed by atoms with Crippen LogP contribution in [0, 0.1) is 18.8 Å². The van der Waals surface area contributed by atoms with E-state index >= 15 is 0 Å². The van der Waals surface area contributed by atoms with Gasteiger partial charge >= 0.3 is 0 Å². The zero-order valence-electron chi connectivity index (χ0n) is 28.6. The highest BCUT2D eigenvalue weighted by Crippen LogP contribution is 2.34. The van der Waals surface area contributed by atoms with Crippen molar-refractivity contribution < 1.29 is 9.59 Å². The molecule has 0 aliphatic carbocycles. The second-order valence-corrected chi connectivity index (χ2v) is 13.0. The molecule has 2 amide bonds. The molecule has 2 unspecified atom stereocenters. The van der Waals surface area contributed by atoms with E-state index in [1.807, 2.05) is 0 Å². The third kappa shape index (κ3) is 12.3. The average Bonchev–Trinajstić information content (AvgIpc) is 3.02. The first-order valence-electron chi connectivity index (χ1n) is 17.6. The Kier molecular flexibility index (Phi) is 21.0. The Morgan fingerprint density at radius 2 is 1.05 bits per heavy atom. The van der Waals surface area contributed by atoms with Crippen LogP contribution >= 0.6 is 34.0 Å². The first-order chi connectivity index (χ1) is 20.4. The quantitative estimate of drug-likeness (QED) is 0.161. The molecular formula is C36H64Br2N4O2. The maximum Gasteiger partial charge on any atom is 0.226 e. The molecule has 0 bridgehead atoms. The van der Waals surface area contributed by atoms with Crippen molar-refractivity contribution in [3.05, 3.63) is 35.4 Å². The largest absolute Gasteiger partial charge is 0.342 e. The van der Waals surface area contributed by atoms with Gasteiger partial charge in [-0.15, -0.1) is 34.0 Å². The summed E-state index contributed by atoms with van der Waals surface area (Å²) < 4.78 is 0. The van der Waals surface area contributed by atoms with Crippen molar-refractivity contribution in [3.63, 3.8) is 0 Å². The van der Waals surface area contributed by atoms with E-state index in [2.05, 4.69) is 78.5 Å². The molecule has 254 valence electrons. The lowest BCUT2D eigenvalue weighted by Gasteiger charge is -2.46. The topological polar surface area (TPSA) is 47.1 Å². The van der Waals surface area contributed by atoms with Crippen molar-refractivity contribution in [1.29, 1.82) is 0 Å². The van der Waals surface area contributed by atoms with Crippen LogP contribution < -0.4 is 0 Å². The average molecular weight is 745 g/mol. The molecule has 2 atom stereocenters. The summed E-state index contributed by atoms with van der Waals surface area (Å²) in [6.45, 7) is 18.1. The molecule has 1 aromatic rings. The van der Waals surface area contributed by atoms with Crippen LogP contribution in [0.5, 0.6) is 0 Å². The summed E-state index contributed by atoms with van der Waals surface area (Å²) in [6, 6.07) is 8.99. The normalized spacial score (nSPS) is 19.8. The summed E-state index contributed by atoms with van der Waals surface area (Å²) in [5, 5.41) is 0. The number of likely N-dealkylation sites (tertiary alicyclic amines) is 2. The molecular weight excluding hydrogens is 680 g/mol. The summed E-state index contributed by atoms with van der Waals surface area (Å²) in [5.41, 5.74) is 2.56. The van der Waals surface area contributed by atoms with Crippen molar-refractivity contribution in [2.24, 2.45) is 11.8 Å². The Morgan fingerprint density at radius 1 is 0.682 bits per heavy atom. The minimum atomic E-state index is 0. The van der Waals surface area contributed by atoms with Crippen molar-refractivity contribution >= 4 is 45.8 Å². The minimum absolute atomic E-state index is 0. The number of unbranched alkanes of at least 4 members (excludes halogenated alkanes) is 4. The lowest BCUT2D eigenvalue weighted by molar-refractivity contribution is -0.140. The molecule has 3 rings (SSSR count). The Labute approximate surface area is 291 Å². The number of carbonyl (C=O) groups is 2. The fourth-order valence-corrected chi connectivity index (χ4v) is 6.83. The molecule has 0 aromatic heterocycles. The Bertz CT molecular complexity index is 863. The van der Waals surface area contributed by atoms with Crippen LogP contribution in [0.1, 0.15) is 122 Å². The van der Waals surface area contributed by atoms with E-state index in [-0.39, 0.29) is 52.0 Å². The van der Waals surface area contributed by atoms with Gasteiger partial charge in [0.15, 0.2) is 0 Å². The molecule has 2 fully saturated rings. The maximum atomic E-state index is 13.9. The second-order valence-electron chi connectivity index (χ2n) is 13.0. The van der Waals surface area contributed by atoms with Gasteiger partial charge < -0.3 is 9.80 Å². The number of rotatable bonds is 17. The summed E-state index contributed by atoms with van der Waals surface area (Å²) in [7, 11) is 0. The molecule has 2 aliphatic heterocycles. The molecule has 1 aromatic carbocycles. The Balaban J connectivity index is 0.00000484. The molecule has 0 radical (unpaired) electrons. The predicted molar refractivity (Wildman–Crippen MR) is 196 cm³/mol. The van der Waals surface area contributed by atoms with Gasteiger partial charge in [0.25, 0.3) is 0 Å². The van der Waals surface area contributed by atoms with Crippen LogP contribution in [0.2, 0.25) is 0 Å². The van der Waals surface area contributed by atoms with Gasteiger partial charge in [-0.3, -0.25) is 19.4 Å². The van der Waals surface area contributed by atoms with Crippen LogP contribution in [0.25, 0.3) is 0 Å². The number of halogens is 2. The third-order valence-corrected chi connectivity index (χ3v) is 9.42. The number of hydrogen-bond donors (Lipinski definition) is 0. The molecule has 8 heteroatoms. The Morgan fingerprint density at radius 3 is 1.39 bits per heavy atom. The highest BCUT2D eigenvalue weighted by molar-refractivity contribution is 8.93. The first kappa shape index (κ1) is 41.1. The second kappa shape index (κ2) is 22.5. The molecule has 2 aliphatic rings. The van der Waals surface area contributed by atoms with Gasteiger partial charge in [0.2, 0.25) is 11.8 Å². The van der Waals surface area contributed by atoms with Crippen molar-refractivity contribution in [2.45, 2.75) is 118 Å². The van der Waals surface area contributed by atoms with Crippen molar-refractivity contribution in [2.75, 3.05) is 52.4 Å². The van der Waals surface area contributed by atoms with E-state index < -0.39 is 0 Å². The van der Waals surface area contributed by atoms with E-state index in [0.29, 0.717) is 11.8 Å². The summed E-state index contributed by atoms with van der Waals surface area (Å²) in [5.74, 6) is 0.833. The highest BCUT2D eigenvalue weighted by Gasteiger charge is 2.38. The lowest BCUT2D eigenvalue weighted by atomic mass is 9.92. The van der Waals surface area contributed by atoms with Gasteiger partial charge in [-0.2, -0.15) is 0 Å². The Hall–Kier alpha value is -0.960. The van der Waals surface area contributed by atoms with Crippen LogP contribution in [0.4, 0.5) is 0 Å². The van der Waals surface area contributed by atoms with Crippen LogP contribution in [-0.4, -0.2) is 83.8 Å². The molecule has 6 nitrogen and oxygen atoms in total. The number of hydrogen-bond acceptors (Lipinski definition) is 4. The SMILES string of the molecule is Br.Br.CCCCN(CCCC)C(=O)C1CCCN(C(c2ccc(C)cc2)N2CCCC(C(=O)N(CCCC)CCCC)C2)C1. The maximum absolute atomic E-state index is 13.9.